The third kappa shape index (κ3) is 4.83. The molecule has 0 spiro atoms. The summed E-state index contributed by atoms with van der Waals surface area (Å²) in [6.45, 7) is 8.05. The van der Waals surface area contributed by atoms with Crippen molar-refractivity contribution in [3.8, 4) is 0 Å². The van der Waals surface area contributed by atoms with Crippen LogP contribution in [-0.2, 0) is 28.8 Å². The predicted molar refractivity (Wildman–Crippen MR) is 106 cm³/mol. The Morgan fingerprint density at radius 2 is 1.96 bits per heavy atom. The van der Waals surface area contributed by atoms with Crippen LogP contribution in [0.1, 0.15) is 26.7 Å². The van der Waals surface area contributed by atoms with E-state index in [1.54, 1.807) is 43.5 Å². The van der Waals surface area contributed by atoms with Gasteiger partial charge in [-0.15, -0.1) is 6.58 Å². The molecule has 28 heavy (non-hydrogen) atoms. The van der Waals surface area contributed by atoms with E-state index in [4.69, 9.17) is 18.9 Å². The van der Waals surface area contributed by atoms with E-state index >= 15 is 0 Å². The van der Waals surface area contributed by atoms with E-state index in [-0.39, 0.29) is 36.1 Å². The first-order valence-corrected chi connectivity index (χ1v) is 11.3. The van der Waals surface area contributed by atoms with Gasteiger partial charge in [-0.1, -0.05) is 24.3 Å². The zero-order valence-corrected chi connectivity index (χ0v) is 17.6. The standard InChI is InChI=1S/C21H30O6S/c1-5-9-18-17(14-28(22,23)16-10-7-6-8-11-16)20(24-4)19(26-18)12-15-13-25-21(2,3)27-15/h5-8,10-11,15,17-20H,1,9,12-14H2,2-4H3/t15?,17-,18-,19+,20+/m0/s1. The highest BCUT2D eigenvalue weighted by Gasteiger charge is 2.48. The maximum atomic E-state index is 13.0. The molecule has 0 saturated carbocycles. The van der Waals surface area contributed by atoms with Crippen molar-refractivity contribution in [2.24, 2.45) is 5.92 Å². The number of methoxy groups -OCH3 is 1. The average Bonchev–Trinajstić information content (AvgIpc) is 3.15. The fourth-order valence-electron chi connectivity index (χ4n) is 4.12. The van der Waals surface area contributed by atoms with Gasteiger partial charge in [0, 0.05) is 19.4 Å². The van der Waals surface area contributed by atoms with Crippen molar-refractivity contribution in [2.45, 2.75) is 61.8 Å². The molecule has 0 N–H and O–H groups in total. The molecule has 0 aliphatic carbocycles. The molecular weight excluding hydrogens is 380 g/mol. The lowest BCUT2D eigenvalue weighted by Crippen LogP contribution is -2.36. The molecule has 1 aromatic carbocycles. The Hall–Kier alpha value is -1.25. The highest BCUT2D eigenvalue weighted by atomic mass is 32.2. The first kappa shape index (κ1) is 21.5. The molecule has 0 radical (unpaired) electrons. The van der Waals surface area contributed by atoms with Crippen LogP contribution >= 0.6 is 0 Å². The Kier molecular flexibility index (Phi) is 6.61. The molecule has 2 heterocycles. The maximum absolute atomic E-state index is 13.0. The van der Waals surface area contributed by atoms with Crippen LogP contribution in [0, 0.1) is 5.92 Å². The molecule has 5 atom stereocenters. The van der Waals surface area contributed by atoms with Crippen LogP contribution in [0.4, 0.5) is 0 Å². The fraction of sp³-hybridized carbons (Fsp3) is 0.619. The summed E-state index contributed by atoms with van der Waals surface area (Å²) in [5.41, 5.74) is 0. The van der Waals surface area contributed by atoms with Crippen molar-refractivity contribution < 1.29 is 27.4 Å². The molecule has 1 aromatic rings. The molecule has 3 rings (SSSR count). The van der Waals surface area contributed by atoms with E-state index < -0.39 is 15.6 Å². The van der Waals surface area contributed by atoms with Gasteiger partial charge in [0.05, 0.1) is 41.7 Å². The molecule has 0 bridgehead atoms. The summed E-state index contributed by atoms with van der Waals surface area (Å²) in [6, 6.07) is 8.51. The lowest BCUT2D eigenvalue weighted by atomic mass is 9.94. The van der Waals surface area contributed by atoms with Crippen molar-refractivity contribution >= 4 is 9.84 Å². The number of sulfone groups is 1. The van der Waals surface area contributed by atoms with Gasteiger partial charge in [0.25, 0.3) is 0 Å². The molecule has 156 valence electrons. The Morgan fingerprint density at radius 1 is 1.25 bits per heavy atom. The summed E-state index contributed by atoms with van der Waals surface area (Å²) >= 11 is 0. The third-order valence-corrected chi connectivity index (χ3v) is 7.18. The lowest BCUT2D eigenvalue weighted by molar-refractivity contribution is -0.144. The van der Waals surface area contributed by atoms with Crippen LogP contribution in [0.15, 0.2) is 47.9 Å². The van der Waals surface area contributed by atoms with Gasteiger partial charge in [-0.2, -0.15) is 0 Å². The largest absolute Gasteiger partial charge is 0.378 e. The minimum Gasteiger partial charge on any atom is -0.378 e. The average molecular weight is 411 g/mol. The number of benzene rings is 1. The summed E-state index contributed by atoms with van der Waals surface area (Å²) in [4.78, 5) is 0.319. The minimum atomic E-state index is -3.46. The fourth-order valence-corrected chi connectivity index (χ4v) is 5.79. The molecule has 2 saturated heterocycles. The van der Waals surface area contributed by atoms with Gasteiger partial charge in [-0.3, -0.25) is 0 Å². The topological polar surface area (TPSA) is 71.1 Å². The molecule has 2 fully saturated rings. The van der Waals surface area contributed by atoms with Crippen molar-refractivity contribution in [1.82, 2.24) is 0 Å². The Labute approximate surface area is 167 Å². The van der Waals surface area contributed by atoms with Crippen molar-refractivity contribution in [3.63, 3.8) is 0 Å². The van der Waals surface area contributed by atoms with Gasteiger partial charge in [0.15, 0.2) is 15.6 Å². The van der Waals surface area contributed by atoms with E-state index in [2.05, 4.69) is 6.58 Å². The first-order valence-electron chi connectivity index (χ1n) is 9.64. The van der Waals surface area contributed by atoms with Gasteiger partial charge >= 0.3 is 0 Å². The van der Waals surface area contributed by atoms with Gasteiger partial charge in [-0.05, 0) is 32.4 Å². The summed E-state index contributed by atoms with van der Waals surface area (Å²) in [5, 5.41) is 0. The van der Waals surface area contributed by atoms with Gasteiger partial charge in [0.1, 0.15) is 0 Å². The molecule has 2 aliphatic heterocycles. The summed E-state index contributed by atoms with van der Waals surface area (Å²) in [7, 11) is -1.85. The van der Waals surface area contributed by atoms with Crippen LogP contribution < -0.4 is 0 Å². The summed E-state index contributed by atoms with van der Waals surface area (Å²) in [5.74, 6) is -0.922. The highest BCUT2D eigenvalue weighted by molar-refractivity contribution is 7.91. The SMILES string of the molecule is C=CC[C@@H]1O[C@H](CC2COC(C)(C)O2)[C@H](OC)[C@H]1CS(=O)(=O)c1ccccc1. The Morgan fingerprint density at radius 3 is 2.54 bits per heavy atom. The number of hydrogen-bond acceptors (Lipinski definition) is 6. The van der Waals surface area contributed by atoms with Crippen LogP contribution in [-0.4, -0.2) is 58.1 Å². The second kappa shape index (κ2) is 8.63. The van der Waals surface area contributed by atoms with Gasteiger partial charge in [0.2, 0.25) is 0 Å². The summed E-state index contributed by atoms with van der Waals surface area (Å²) in [6.07, 6.45) is 1.97. The minimum absolute atomic E-state index is 0.0297. The second-order valence-electron chi connectivity index (χ2n) is 7.88. The van der Waals surface area contributed by atoms with E-state index in [0.29, 0.717) is 24.3 Å². The second-order valence-corrected chi connectivity index (χ2v) is 9.92. The van der Waals surface area contributed by atoms with E-state index in [1.807, 2.05) is 13.8 Å². The molecule has 7 heteroatoms. The normalized spacial score (nSPS) is 32.5. The van der Waals surface area contributed by atoms with Crippen LogP contribution in [0.25, 0.3) is 0 Å². The predicted octanol–water partition coefficient (Wildman–Crippen LogP) is 2.98. The van der Waals surface area contributed by atoms with Gasteiger partial charge in [-0.25, -0.2) is 8.42 Å². The van der Waals surface area contributed by atoms with Gasteiger partial charge < -0.3 is 18.9 Å². The van der Waals surface area contributed by atoms with Crippen LogP contribution in [0.5, 0.6) is 0 Å². The Balaban J connectivity index is 1.77. The highest BCUT2D eigenvalue weighted by Crippen LogP contribution is 2.37. The molecule has 0 amide bonds. The molecular formula is C21H30O6S. The van der Waals surface area contributed by atoms with Crippen molar-refractivity contribution in [2.75, 3.05) is 19.5 Å². The molecule has 0 aromatic heterocycles. The van der Waals surface area contributed by atoms with Crippen LogP contribution in [0.2, 0.25) is 0 Å². The number of ether oxygens (including phenoxy) is 4. The van der Waals surface area contributed by atoms with E-state index in [1.165, 1.54) is 0 Å². The van der Waals surface area contributed by atoms with Crippen molar-refractivity contribution in [3.05, 3.63) is 43.0 Å². The zero-order valence-electron chi connectivity index (χ0n) is 16.7. The quantitative estimate of drug-likeness (QED) is 0.614. The number of rotatable bonds is 8. The zero-order chi connectivity index (χ0) is 20.4. The molecule has 1 unspecified atom stereocenters. The maximum Gasteiger partial charge on any atom is 0.178 e. The Bertz CT molecular complexity index is 760. The monoisotopic (exact) mass is 410 g/mol. The van der Waals surface area contributed by atoms with E-state index in [0.717, 1.165) is 0 Å². The van der Waals surface area contributed by atoms with Crippen molar-refractivity contribution in [1.29, 1.82) is 0 Å². The first-order chi connectivity index (χ1) is 13.3. The lowest BCUT2D eigenvalue weighted by Gasteiger charge is -2.24. The van der Waals surface area contributed by atoms with Crippen LogP contribution in [0.3, 0.4) is 0 Å². The smallest absolute Gasteiger partial charge is 0.178 e. The van der Waals surface area contributed by atoms with E-state index in [9.17, 15) is 8.42 Å². The number of hydrogen-bond donors (Lipinski definition) is 0. The summed E-state index contributed by atoms with van der Waals surface area (Å²) < 4.78 is 49.4. The molecule has 2 aliphatic rings. The molecule has 6 nitrogen and oxygen atoms in total. The third-order valence-electron chi connectivity index (χ3n) is 5.36.